The molecule has 162 valence electrons. The third-order valence-electron chi connectivity index (χ3n) is 5.45. The van der Waals surface area contributed by atoms with Crippen LogP contribution in [0.5, 0.6) is 0 Å². The van der Waals surface area contributed by atoms with Crippen LogP contribution < -0.4 is 10.0 Å². The smallest absolute Gasteiger partial charge is 0.126 e. The first-order chi connectivity index (χ1) is 14.9. The minimum atomic E-state index is -0.630. The Bertz CT molecular complexity index is 1010. The van der Waals surface area contributed by atoms with Gasteiger partial charge in [-0.25, -0.2) is 13.2 Å². The molecule has 0 radical (unpaired) electrons. The van der Waals surface area contributed by atoms with E-state index >= 15 is 0 Å². The molecule has 0 heterocycles. The predicted octanol–water partition coefficient (Wildman–Crippen LogP) is 5.99. The van der Waals surface area contributed by atoms with E-state index in [0.29, 0.717) is 42.6 Å². The van der Waals surface area contributed by atoms with Crippen molar-refractivity contribution in [2.75, 3.05) is 11.9 Å². The summed E-state index contributed by atoms with van der Waals surface area (Å²) in [4.78, 5) is 0. The Balaban J connectivity index is 2.00. The first kappa shape index (κ1) is 22.9. The standard InChI is InChI=1S/C24H24F3N3S/c1-2-24(13-16-9-20(26)12-21(27)10-16)14-17(15-28)23(11-18(24)7-8-29-31)30-22-5-3-19(25)4-6-22/h2-6,9-12,15,28-31H,1,7-8,13-14H2. The van der Waals surface area contributed by atoms with Crippen molar-refractivity contribution in [2.45, 2.75) is 19.3 Å². The van der Waals surface area contributed by atoms with E-state index in [-0.39, 0.29) is 5.82 Å². The maximum Gasteiger partial charge on any atom is 0.126 e. The fourth-order valence-electron chi connectivity index (χ4n) is 3.93. The molecule has 0 aromatic heterocycles. The summed E-state index contributed by atoms with van der Waals surface area (Å²) in [5.41, 5.74) is 3.01. The quantitative estimate of drug-likeness (QED) is 0.219. The maximum absolute atomic E-state index is 13.8. The topological polar surface area (TPSA) is 47.9 Å². The number of anilines is 1. The number of thiol groups is 1. The molecule has 1 atom stereocenters. The normalized spacial score (nSPS) is 18.5. The van der Waals surface area contributed by atoms with Crippen LogP contribution in [0, 0.1) is 28.3 Å². The van der Waals surface area contributed by atoms with Crippen LogP contribution in [0.15, 0.2) is 78.0 Å². The molecule has 31 heavy (non-hydrogen) atoms. The molecule has 1 aliphatic carbocycles. The summed E-state index contributed by atoms with van der Waals surface area (Å²) in [6.07, 6.45) is 6.38. The van der Waals surface area contributed by atoms with Crippen LogP contribution in [-0.2, 0) is 6.42 Å². The number of benzene rings is 2. The fourth-order valence-corrected chi connectivity index (χ4v) is 4.05. The van der Waals surface area contributed by atoms with Crippen molar-refractivity contribution in [3.05, 3.63) is 101 Å². The molecule has 3 rings (SSSR count). The third kappa shape index (κ3) is 5.48. The Hall–Kier alpha value is -2.77. The molecule has 0 amide bonds. The van der Waals surface area contributed by atoms with Crippen molar-refractivity contribution in [3.63, 3.8) is 0 Å². The highest BCUT2D eigenvalue weighted by Gasteiger charge is 2.36. The van der Waals surface area contributed by atoms with Gasteiger partial charge in [-0.15, -0.1) is 6.58 Å². The van der Waals surface area contributed by atoms with Crippen LogP contribution in [0.4, 0.5) is 18.9 Å². The first-order valence-electron chi connectivity index (χ1n) is 9.82. The molecule has 1 unspecified atom stereocenters. The average molecular weight is 444 g/mol. The van der Waals surface area contributed by atoms with E-state index in [9.17, 15) is 13.2 Å². The van der Waals surface area contributed by atoms with E-state index in [4.69, 9.17) is 5.41 Å². The van der Waals surface area contributed by atoms with Gasteiger partial charge in [-0.2, -0.15) is 0 Å². The third-order valence-corrected chi connectivity index (χ3v) is 5.67. The molecule has 0 aliphatic heterocycles. The van der Waals surface area contributed by atoms with Crippen molar-refractivity contribution in [2.24, 2.45) is 5.41 Å². The second-order valence-electron chi connectivity index (χ2n) is 7.53. The van der Waals surface area contributed by atoms with Crippen LogP contribution in [0.25, 0.3) is 0 Å². The zero-order chi connectivity index (χ0) is 22.4. The van der Waals surface area contributed by atoms with Gasteiger partial charge < -0.3 is 10.7 Å². The van der Waals surface area contributed by atoms with E-state index in [1.807, 2.05) is 6.08 Å². The lowest BCUT2D eigenvalue weighted by molar-refractivity contribution is 0.432. The summed E-state index contributed by atoms with van der Waals surface area (Å²) in [5.74, 6) is -1.59. The first-order valence-corrected chi connectivity index (χ1v) is 10.3. The number of halogens is 3. The zero-order valence-corrected chi connectivity index (χ0v) is 17.8. The molecule has 3 N–H and O–H groups in total. The van der Waals surface area contributed by atoms with E-state index < -0.39 is 17.0 Å². The van der Waals surface area contributed by atoms with Crippen molar-refractivity contribution < 1.29 is 13.2 Å². The lowest BCUT2D eigenvalue weighted by atomic mass is 9.67. The highest BCUT2D eigenvalue weighted by Crippen LogP contribution is 2.45. The average Bonchev–Trinajstić information content (AvgIpc) is 2.74. The largest absolute Gasteiger partial charge is 0.355 e. The molecule has 7 heteroatoms. The summed E-state index contributed by atoms with van der Waals surface area (Å²) in [6.45, 7) is 4.59. The molecule has 2 aromatic rings. The molecule has 0 spiro atoms. The van der Waals surface area contributed by atoms with Gasteiger partial charge in [0, 0.05) is 35.6 Å². The fraction of sp³-hybridized carbons (Fsp3) is 0.208. The van der Waals surface area contributed by atoms with Crippen LogP contribution >= 0.6 is 12.8 Å². The Labute approximate surface area is 185 Å². The van der Waals surface area contributed by atoms with Crippen molar-refractivity contribution in [3.8, 4) is 0 Å². The van der Waals surface area contributed by atoms with Gasteiger partial charge in [0.25, 0.3) is 0 Å². The Morgan fingerprint density at radius 3 is 2.32 bits per heavy atom. The Morgan fingerprint density at radius 2 is 1.74 bits per heavy atom. The highest BCUT2D eigenvalue weighted by atomic mass is 32.1. The molecule has 0 bridgehead atoms. The summed E-state index contributed by atoms with van der Waals surface area (Å²) >= 11 is 4.08. The number of allylic oxidation sites excluding steroid dienone is 3. The van der Waals surface area contributed by atoms with E-state index in [2.05, 4.69) is 29.4 Å². The molecule has 0 saturated carbocycles. The van der Waals surface area contributed by atoms with E-state index in [1.54, 1.807) is 18.2 Å². The zero-order valence-electron chi connectivity index (χ0n) is 16.9. The van der Waals surface area contributed by atoms with Crippen LogP contribution in [-0.4, -0.2) is 12.8 Å². The SMILES string of the molecule is C=CC1(Cc2cc(F)cc(F)c2)CC(C=N)=C(Nc2ccc(F)cc2)C=C1CCNS. The van der Waals surface area contributed by atoms with Gasteiger partial charge in [-0.05, 0) is 72.9 Å². The molecule has 0 fully saturated rings. The molecule has 0 saturated heterocycles. The number of rotatable bonds is 9. The Morgan fingerprint density at radius 1 is 1.06 bits per heavy atom. The van der Waals surface area contributed by atoms with Gasteiger partial charge in [0.2, 0.25) is 0 Å². The monoisotopic (exact) mass is 443 g/mol. The maximum atomic E-state index is 13.8. The summed E-state index contributed by atoms with van der Waals surface area (Å²) in [7, 11) is 0. The lowest BCUT2D eigenvalue weighted by Crippen LogP contribution is -2.30. The lowest BCUT2D eigenvalue weighted by Gasteiger charge is -2.38. The summed E-state index contributed by atoms with van der Waals surface area (Å²) in [5, 5.41) is 11.2. The number of nitrogens with one attached hydrogen (secondary N) is 3. The van der Waals surface area contributed by atoms with Gasteiger partial charge in [0.15, 0.2) is 0 Å². The summed E-state index contributed by atoms with van der Waals surface area (Å²) < 4.78 is 43.7. The second kappa shape index (κ2) is 10.0. The number of hydrogen-bond donors (Lipinski definition) is 4. The van der Waals surface area contributed by atoms with Crippen LogP contribution in [0.3, 0.4) is 0 Å². The molecular formula is C24H24F3N3S. The predicted molar refractivity (Wildman–Crippen MR) is 123 cm³/mol. The van der Waals surface area contributed by atoms with Gasteiger partial charge >= 0.3 is 0 Å². The minimum Gasteiger partial charge on any atom is -0.355 e. The van der Waals surface area contributed by atoms with Crippen molar-refractivity contribution in [1.29, 1.82) is 5.41 Å². The molecule has 3 nitrogen and oxygen atoms in total. The number of hydrogen-bond acceptors (Lipinski definition) is 4. The Kier molecular flexibility index (Phi) is 7.41. The van der Waals surface area contributed by atoms with E-state index in [0.717, 1.165) is 17.3 Å². The van der Waals surface area contributed by atoms with Gasteiger partial charge in [-0.1, -0.05) is 24.5 Å². The highest BCUT2D eigenvalue weighted by molar-refractivity contribution is 7.78. The minimum absolute atomic E-state index is 0.334. The van der Waals surface area contributed by atoms with E-state index in [1.165, 1.54) is 30.5 Å². The molecule has 2 aromatic carbocycles. The van der Waals surface area contributed by atoms with Crippen molar-refractivity contribution in [1.82, 2.24) is 4.72 Å². The molecule has 1 aliphatic rings. The molecular weight excluding hydrogens is 419 g/mol. The van der Waals surface area contributed by atoms with Crippen molar-refractivity contribution >= 4 is 24.7 Å². The second-order valence-corrected chi connectivity index (χ2v) is 7.85. The van der Waals surface area contributed by atoms with Gasteiger partial charge in [0.05, 0.1) is 0 Å². The van der Waals surface area contributed by atoms with Gasteiger partial charge in [-0.3, -0.25) is 4.72 Å². The van der Waals surface area contributed by atoms with Crippen LogP contribution in [0.2, 0.25) is 0 Å². The summed E-state index contributed by atoms with van der Waals surface area (Å²) in [6, 6.07) is 9.46. The van der Waals surface area contributed by atoms with Gasteiger partial charge in [0.1, 0.15) is 17.5 Å². The van der Waals surface area contributed by atoms with Crippen LogP contribution in [0.1, 0.15) is 18.4 Å².